The maximum Gasteiger partial charge on any atom is 0.511 e. The highest BCUT2D eigenvalue weighted by Gasteiger charge is 2.59. The van der Waals surface area contributed by atoms with Crippen LogP contribution < -0.4 is 0 Å². The summed E-state index contributed by atoms with van der Waals surface area (Å²) in [6.45, 7) is 2.29. The largest absolute Gasteiger partial charge is 0.511 e. The molecular formula is C6H4F6O3. The van der Waals surface area contributed by atoms with E-state index in [1.54, 1.807) is 0 Å². The Morgan fingerprint density at radius 3 is 1.67 bits per heavy atom. The Kier molecular flexibility index (Phi) is 3.61. The SMILES string of the molecule is C=C(OC(=O)O)C(C(F)(F)F)C(F)(F)F. The van der Waals surface area contributed by atoms with Crippen molar-refractivity contribution in [2.24, 2.45) is 5.92 Å². The molecule has 0 spiro atoms. The van der Waals surface area contributed by atoms with Crippen molar-refractivity contribution < 1.29 is 41.0 Å². The molecule has 0 saturated heterocycles. The van der Waals surface area contributed by atoms with Gasteiger partial charge in [-0.05, 0) is 0 Å². The summed E-state index contributed by atoms with van der Waals surface area (Å²) in [6, 6.07) is 0. The zero-order chi connectivity index (χ0) is 12.4. The highest BCUT2D eigenvalue weighted by Crippen LogP contribution is 2.43. The van der Waals surface area contributed by atoms with Crippen LogP contribution in [-0.4, -0.2) is 23.6 Å². The molecule has 0 aromatic carbocycles. The molecule has 0 bridgehead atoms. The first kappa shape index (κ1) is 13.6. The molecule has 0 rings (SSSR count). The summed E-state index contributed by atoms with van der Waals surface area (Å²) in [6.07, 6.45) is -13.7. The topological polar surface area (TPSA) is 46.5 Å². The van der Waals surface area contributed by atoms with Crippen LogP contribution in [-0.2, 0) is 4.74 Å². The third-order valence-electron chi connectivity index (χ3n) is 1.20. The smallest absolute Gasteiger partial charge is 0.449 e. The molecule has 0 radical (unpaired) electrons. The molecule has 9 heteroatoms. The second-order valence-electron chi connectivity index (χ2n) is 2.35. The lowest BCUT2D eigenvalue weighted by Crippen LogP contribution is -2.38. The predicted molar refractivity (Wildman–Crippen MR) is 33.8 cm³/mol. The van der Waals surface area contributed by atoms with Crippen LogP contribution in [0.4, 0.5) is 31.1 Å². The molecular weight excluding hydrogens is 234 g/mol. The molecule has 0 fully saturated rings. The van der Waals surface area contributed by atoms with Crippen molar-refractivity contribution in [3.05, 3.63) is 12.3 Å². The van der Waals surface area contributed by atoms with E-state index < -0.39 is 30.2 Å². The molecule has 0 saturated carbocycles. The van der Waals surface area contributed by atoms with Crippen molar-refractivity contribution in [3.63, 3.8) is 0 Å². The number of carbonyl (C=O) groups is 1. The minimum Gasteiger partial charge on any atom is -0.449 e. The molecule has 15 heavy (non-hydrogen) atoms. The fourth-order valence-corrected chi connectivity index (χ4v) is 0.722. The van der Waals surface area contributed by atoms with Gasteiger partial charge in [0, 0.05) is 0 Å². The van der Waals surface area contributed by atoms with E-state index in [1.165, 1.54) is 0 Å². The van der Waals surface area contributed by atoms with Crippen LogP contribution in [0.5, 0.6) is 0 Å². The van der Waals surface area contributed by atoms with Crippen LogP contribution in [0.25, 0.3) is 0 Å². The average Bonchev–Trinajstić information content (AvgIpc) is 1.74. The third-order valence-corrected chi connectivity index (χ3v) is 1.20. The molecule has 0 heterocycles. The van der Waals surface area contributed by atoms with Crippen LogP contribution in [0.2, 0.25) is 0 Å². The Hall–Kier alpha value is -1.41. The van der Waals surface area contributed by atoms with Crippen molar-refractivity contribution in [3.8, 4) is 0 Å². The predicted octanol–water partition coefficient (Wildman–Crippen LogP) is 2.94. The summed E-state index contributed by atoms with van der Waals surface area (Å²) in [4.78, 5) is 9.75. The molecule has 0 aliphatic carbocycles. The molecule has 0 amide bonds. The number of ether oxygens (including phenoxy) is 1. The van der Waals surface area contributed by atoms with Gasteiger partial charge in [0.2, 0.25) is 5.92 Å². The van der Waals surface area contributed by atoms with Gasteiger partial charge in [-0.2, -0.15) is 26.3 Å². The summed E-state index contributed by atoms with van der Waals surface area (Å²) >= 11 is 0. The molecule has 0 atom stereocenters. The Morgan fingerprint density at radius 1 is 1.13 bits per heavy atom. The monoisotopic (exact) mass is 238 g/mol. The number of rotatable bonds is 2. The minimum atomic E-state index is -5.70. The van der Waals surface area contributed by atoms with Crippen LogP contribution in [0.15, 0.2) is 12.3 Å². The maximum absolute atomic E-state index is 11.9. The van der Waals surface area contributed by atoms with Gasteiger partial charge in [0.15, 0.2) is 0 Å². The van der Waals surface area contributed by atoms with E-state index in [2.05, 4.69) is 11.3 Å². The lowest BCUT2D eigenvalue weighted by molar-refractivity contribution is -0.278. The van der Waals surface area contributed by atoms with Gasteiger partial charge in [0.1, 0.15) is 5.76 Å². The Morgan fingerprint density at radius 2 is 1.47 bits per heavy atom. The van der Waals surface area contributed by atoms with E-state index in [1.807, 2.05) is 0 Å². The van der Waals surface area contributed by atoms with Crippen molar-refractivity contribution in [1.82, 2.24) is 0 Å². The first-order valence-corrected chi connectivity index (χ1v) is 3.19. The van der Waals surface area contributed by atoms with Crippen molar-refractivity contribution in [2.45, 2.75) is 12.4 Å². The second-order valence-corrected chi connectivity index (χ2v) is 2.35. The minimum absolute atomic E-state index is 1.93. The van der Waals surface area contributed by atoms with Gasteiger partial charge in [-0.3, -0.25) is 0 Å². The summed E-state index contributed by atoms with van der Waals surface area (Å²) in [5.41, 5.74) is 0. The summed E-state index contributed by atoms with van der Waals surface area (Å²) in [5, 5.41) is 7.85. The van der Waals surface area contributed by atoms with E-state index in [-0.39, 0.29) is 0 Å². The van der Waals surface area contributed by atoms with E-state index in [0.717, 1.165) is 0 Å². The van der Waals surface area contributed by atoms with Gasteiger partial charge < -0.3 is 9.84 Å². The van der Waals surface area contributed by atoms with Crippen LogP contribution in [0.3, 0.4) is 0 Å². The zero-order valence-electron chi connectivity index (χ0n) is 6.82. The van der Waals surface area contributed by atoms with Gasteiger partial charge >= 0.3 is 18.5 Å². The Labute approximate surface area is 78.9 Å². The van der Waals surface area contributed by atoms with Crippen LogP contribution in [0.1, 0.15) is 0 Å². The first-order chi connectivity index (χ1) is 6.46. The number of carboxylic acid groups (broad SMARTS) is 1. The van der Waals surface area contributed by atoms with E-state index >= 15 is 0 Å². The number of hydrogen-bond acceptors (Lipinski definition) is 2. The van der Waals surface area contributed by atoms with E-state index in [4.69, 9.17) is 5.11 Å². The molecule has 1 N–H and O–H groups in total. The Bertz CT molecular complexity index is 251. The summed E-state index contributed by atoms with van der Waals surface area (Å²) in [5.74, 6) is -5.94. The summed E-state index contributed by atoms with van der Waals surface area (Å²) < 4.78 is 74.4. The Balaban J connectivity index is 4.98. The number of alkyl halides is 6. The lowest BCUT2D eigenvalue weighted by Gasteiger charge is -2.23. The number of hydrogen-bond donors (Lipinski definition) is 1. The standard InChI is InChI=1S/C6H4F6O3/c1-2(15-4(13)14)3(5(7,8)9)6(10,11)12/h3H,1H2,(H,13,14). The molecule has 3 nitrogen and oxygen atoms in total. The highest BCUT2D eigenvalue weighted by molar-refractivity contribution is 5.58. The first-order valence-electron chi connectivity index (χ1n) is 3.19. The molecule has 0 aromatic heterocycles. The molecule has 0 aromatic rings. The van der Waals surface area contributed by atoms with Crippen LogP contribution in [0, 0.1) is 5.92 Å². The van der Waals surface area contributed by atoms with Gasteiger partial charge in [-0.25, -0.2) is 4.79 Å². The normalized spacial score (nSPS) is 12.7. The molecule has 0 aliphatic heterocycles. The number of halogens is 6. The van der Waals surface area contributed by atoms with E-state index in [0.29, 0.717) is 0 Å². The number of allylic oxidation sites excluding steroid dienone is 1. The van der Waals surface area contributed by atoms with Gasteiger partial charge in [-0.1, -0.05) is 6.58 Å². The zero-order valence-corrected chi connectivity index (χ0v) is 6.82. The lowest BCUT2D eigenvalue weighted by atomic mass is 10.1. The van der Waals surface area contributed by atoms with Crippen LogP contribution >= 0.6 is 0 Å². The third kappa shape index (κ3) is 4.09. The van der Waals surface area contributed by atoms with Gasteiger partial charge in [0.25, 0.3) is 0 Å². The fraction of sp³-hybridized carbons (Fsp3) is 0.500. The average molecular weight is 238 g/mol. The highest BCUT2D eigenvalue weighted by atomic mass is 19.4. The van der Waals surface area contributed by atoms with E-state index in [9.17, 15) is 31.1 Å². The maximum atomic E-state index is 11.9. The fourth-order valence-electron chi connectivity index (χ4n) is 0.722. The van der Waals surface area contributed by atoms with Crippen molar-refractivity contribution in [1.29, 1.82) is 0 Å². The quantitative estimate of drug-likeness (QED) is 0.457. The van der Waals surface area contributed by atoms with Crippen molar-refractivity contribution in [2.75, 3.05) is 0 Å². The molecule has 88 valence electrons. The second kappa shape index (κ2) is 3.99. The van der Waals surface area contributed by atoms with Gasteiger partial charge in [0.05, 0.1) is 0 Å². The molecule has 0 unspecified atom stereocenters. The van der Waals surface area contributed by atoms with Crippen molar-refractivity contribution >= 4 is 6.16 Å². The summed E-state index contributed by atoms with van der Waals surface area (Å²) in [7, 11) is 0. The van der Waals surface area contributed by atoms with Gasteiger partial charge in [-0.15, -0.1) is 0 Å². The molecule has 0 aliphatic rings.